The van der Waals surface area contributed by atoms with Crippen LogP contribution in [0, 0.1) is 0 Å². The van der Waals surface area contributed by atoms with E-state index in [1.54, 1.807) is 12.1 Å². The summed E-state index contributed by atoms with van der Waals surface area (Å²) in [7, 11) is -4.15. The first-order valence-corrected chi connectivity index (χ1v) is 11.8. The van der Waals surface area contributed by atoms with Gasteiger partial charge in [-0.05, 0) is 60.2 Å². The summed E-state index contributed by atoms with van der Waals surface area (Å²) >= 11 is 11.9. The Morgan fingerprint density at radius 3 is 2.29 bits per heavy atom. The van der Waals surface area contributed by atoms with E-state index >= 15 is 0 Å². The van der Waals surface area contributed by atoms with Crippen molar-refractivity contribution < 1.29 is 27.0 Å². The minimum Gasteiger partial charge on any atom is -0.379 e. The van der Waals surface area contributed by atoms with E-state index in [-0.39, 0.29) is 32.5 Å². The van der Waals surface area contributed by atoms with Gasteiger partial charge in [0, 0.05) is 5.02 Å². The minimum absolute atomic E-state index is 0.0491. The molecular formula is C23H14Cl2N2O6S. The van der Waals surface area contributed by atoms with E-state index in [4.69, 9.17) is 27.4 Å². The monoisotopic (exact) mass is 516 g/mol. The van der Waals surface area contributed by atoms with Crippen molar-refractivity contribution in [1.29, 1.82) is 0 Å². The number of rotatable bonds is 5. The molecule has 0 unspecified atom stereocenters. The third-order valence-corrected chi connectivity index (χ3v) is 6.51. The van der Waals surface area contributed by atoms with Gasteiger partial charge in [0.15, 0.2) is 0 Å². The summed E-state index contributed by atoms with van der Waals surface area (Å²) in [5.41, 5.74) is 0.0456. The first kappa shape index (κ1) is 23.5. The highest BCUT2D eigenvalue weighted by Crippen LogP contribution is 2.29. The first-order chi connectivity index (χ1) is 16.2. The van der Waals surface area contributed by atoms with Crippen molar-refractivity contribution in [1.82, 2.24) is 5.32 Å². The normalized spacial score (nSPS) is 15.4. The van der Waals surface area contributed by atoms with Crippen molar-refractivity contribution >= 4 is 62.9 Å². The van der Waals surface area contributed by atoms with E-state index in [0.717, 1.165) is 4.90 Å². The number of anilines is 1. The van der Waals surface area contributed by atoms with Crippen molar-refractivity contribution in [2.75, 3.05) is 4.90 Å². The van der Waals surface area contributed by atoms with E-state index in [0.29, 0.717) is 5.02 Å². The molecule has 172 valence electrons. The number of benzene rings is 3. The van der Waals surface area contributed by atoms with Gasteiger partial charge < -0.3 is 4.18 Å². The first-order valence-electron chi connectivity index (χ1n) is 9.62. The van der Waals surface area contributed by atoms with Crippen molar-refractivity contribution in [3.63, 3.8) is 0 Å². The number of nitrogens with one attached hydrogen (secondary N) is 1. The molecule has 0 saturated carbocycles. The van der Waals surface area contributed by atoms with Crippen LogP contribution in [0.5, 0.6) is 5.75 Å². The average Bonchev–Trinajstić information content (AvgIpc) is 2.78. The van der Waals surface area contributed by atoms with Gasteiger partial charge in [0.2, 0.25) is 0 Å². The molecule has 0 aliphatic carbocycles. The Kier molecular flexibility index (Phi) is 6.43. The van der Waals surface area contributed by atoms with Crippen LogP contribution in [0.3, 0.4) is 0 Å². The van der Waals surface area contributed by atoms with Crippen LogP contribution in [0.25, 0.3) is 6.08 Å². The summed E-state index contributed by atoms with van der Waals surface area (Å²) in [5, 5.41) is 2.61. The molecule has 0 radical (unpaired) electrons. The quantitative estimate of drug-likeness (QED) is 0.305. The molecule has 1 aliphatic heterocycles. The Balaban J connectivity index is 1.65. The lowest BCUT2D eigenvalue weighted by atomic mass is 10.1. The van der Waals surface area contributed by atoms with Crippen LogP contribution < -0.4 is 14.4 Å². The zero-order valence-electron chi connectivity index (χ0n) is 17.1. The number of hydrogen-bond acceptors (Lipinski definition) is 6. The van der Waals surface area contributed by atoms with E-state index in [2.05, 4.69) is 5.32 Å². The molecule has 34 heavy (non-hydrogen) atoms. The summed E-state index contributed by atoms with van der Waals surface area (Å²) in [5.74, 6) is -1.84. The number of halogens is 2. The summed E-state index contributed by atoms with van der Waals surface area (Å²) in [6.07, 6.45) is 1.22. The lowest BCUT2D eigenvalue weighted by Gasteiger charge is -2.27. The highest BCUT2D eigenvalue weighted by Gasteiger charge is 2.37. The maximum Gasteiger partial charge on any atom is 0.339 e. The molecule has 1 fully saturated rings. The third-order valence-electron chi connectivity index (χ3n) is 4.67. The second-order valence-corrected chi connectivity index (χ2v) is 9.36. The predicted octanol–water partition coefficient (Wildman–Crippen LogP) is 4.43. The number of para-hydroxylation sites is 1. The van der Waals surface area contributed by atoms with Crippen molar-refractivity contribution in [3.05, 3.63) is 94.0 Å². The standard InChI is InChI=1S/C23H14Cl2N2O6S/c24-15-8-10-17(11-9-15)34(31,32)33-16-5-3-4-14(12-16)13-18-21(28)26-23(30)27(22(18)29)20-7-2-1-6-19(20)25/h1-13H,(H,26,28,30)/b18-13-. The summed E-state index contributed by atoms with van der Waals surface area (Å²) in [6, 6.07) is 16.4. The Bertz CT molecular complexity index is 1450. The molecule has 1 N–H and O–H groups in total. The van der Waals surface area contributed by atoms with Gasteiger partial charge in [-0.25, -0.2) is 9.69 Å². The number of nitrogens with zero attached hydrogens (tertiary/aromatic N) is 1. The molecule has 0 spiro atoms. The zero-order valence-corrected chi connectivity index (χ0v) is 19.4. The predicted molar refractivity (Wildman–Crippen MR) is 126 cm³/mol. The van der Waals surface area contributed by atoms with Gasteiger partial charge in [-0.15, -0.1) is 0 Å². The second kappa shape index (κ2) is 9.30. The average molecular weight is 517 g/mol. The fourth-order valence-electron chi connectivity index (χ4n) is 3.11. The smallest absolute Gasteiger partial charge is 0.339 e. The van der Waals surface area contributed by atoms with E-state index < -0.39 is 28.0 Å². The Morgan fingerprint density at radius 2 is 1.59 bits per heavy atom. The molecule has 1 aliphatic rings. The molecule has 0 aromatic heterocycles. The van der Waals surface area contributed by atoms with Gasteiger partial charge >= 0.3 is 16.1 Å². The molecule has 3 aromatic carbocycles. The maximum absolute atomic E-state index is 13.0. The maximum atomic E-state index is 13.0. The van der Waals surface area contributed by atoms with Gasteiger partial charge in [-0.1, -0.05) is 47.5 Å². The highest BCUT2D eigenvalue weighted by molar-refractivity contribution is 7.87. The number of hydrogen-bond donors (Lipinski definition) is 1. The second-order valence-electron chi connectivity index (χ2n) is 6.97. The minimum atomic E-state index is -4.15. The molecule has 4 rings (SSSR count). The molecule has 3 aromatic rings. The van der Waals surface area contributed by atoms with Crippen LogP contribution in [0.15, 0.2) is 83.3 Å². The number of carbonyl (C=O) groups is 3. The van der Waals surface area contributed by atoms with Crippen molar-refractivity contribution in [2.24, 2.45) is 0 Å². The SMILES string of the molecule is O=C1NC(=O)N(c2ccccc2Cl)C(=O)/C1=C\c1cccc(OS(=O)(=O)c2ccc(Cl)cc2)c1. The molecule has 8 nitrogen and oxygen atoms in total. The molecule has 0 bridgehead atoms. The topological polar surface area (TPSA) is 110 Å². The Labute approximate surface area is 204 Å². The molecule has 1 saturated heterocycles. The summed E-state index contributed by atoms with van der Waals surface area (Å²) in [4.78, 5) is 38.4. The van der Waals surface area contributed by atoms with E-state index in [1.165, 1.54) is 66.7 Å². The fourth-order valence-corrected chi connectivity index (χ4v) is 4.38. The molecule has 1 heterocycles. The van der Waals surface area contributed by atoms with Crippen LogP contribution >= 0.6 is 23.2 Å². The lowest BCUT2D eigenvalue weighted by Crippen LogP contribution is -2.54. The summed E-state index contributed by atoms with van der Waals surface area (Å²) in [6.45, 7) is 0. The number of carbonyl (C=O) groups excluding carboxylic acids is 3. The zero-order chi connectivity index (χ0) is 24.5. The number of urea groups is 1. The van der Waals surface area contributed by atoms with E-state index in [9.17, 15) is 22.8 Å². The van der Waals surface area contributed by atoms with Gasteiger partial charge in [-0.3, -0.25) is 14.9 Å². The fraction of sp³-hybridized carbons (Fsp3) is 0. The van der Waals surface area contributed by atoms with E-state index in [1.807, 2.05) is 0 Å². The van der Waals surface area contributed by atoms with Crippen LogP contribution in [-0.2, 0) is 19.7 Å². The van der Waals surface area contributed by atoms with Crippen LogP contribution in [0.2, 0.25) is 10.0 Å². The lowest BCUT2D eigenvalue weighted by molar-refractivity contribution is -0.122. The number of amides is 4. The summed E-state index contributed by atoms with van der Waals surface area (Å²) < 4.78 is 30.2. The third kappa shape index (κ3) is 4.81. The largest absolute Gasteiger partial charge is 0.379 e. The van der Waals surface area contributed by atoms with Gasteiger partial charge in [0.1, 0.15) is 16.2 Å². The van der Waals surface area contributed by atoms with Gasteiger partial charge in [0.25, 0.3) is 11.8 Å². The molecular weight excluding hydrogens is 503 g/mol. The van der Waals surface area contributed by atoms with Crippen LogP contribution in [0.1, 0.15) is 5.56 Å². The number of barbiturate groups is 1. The van der Waals surface area contributed by atoms with Crippen LogP contribution in [0.4, 0.5) is 10.5 Å². The van der Waals surface area contributed by atoms with Gasteiger partial charge in [-0.2, -0.15) is 8.42 Å². The van der Waals surface area contributed by atoms with Gasteiger partial charge in [0.05, 0.1) is 10.7 Å². The van der Waals surface area contributed by atoms with Crippen molar-refractivity contribution in [3.8, 4) is 5.75 Å². The molecule has 11 heteroatoms. The highest BCUT2D eigenvalue weighted by atomic mass is 35.5. The molecule has 4 amide bonds. The van der Waals surface area contributed by atoms with Crippen molar-refractivity contribution in [2.45, 2.75) is 4.90 Å². The Morgan fingerprint density at radius 1 is 0.882 bits per heavy atom. The van der Waals surface area contributed by atoms with Crippen LogP contribution in [-0.4, -0.2) is 26.3 Å². The number of imide groups is 2. The molecule has 0 atom stereocenters. The Hall–Kier alpha value is -3.66.